The number of methoxy groups -OCH3 is 2. The fraction of sp³-hybridized carbons (Fsp3) is 0.409. The predicted molar refractivity (Wildman–Crippen MR) is 106 cm³/mol. The molecule has 0 aromatic heterocycles. The summed E-state index contributed by atoms with van der Waals surface area (Å²) in [4.78, 5) is 12.7. The molecule has 1 amide bonds. The lowest BCUT2D eigenvalue weighted by Gasteiger charge is -2.45. The molecular formula is C22H25NO6. The number of fused-ring (bicyclic) bond motifs is 3. The van der Waals surface area contributed by atoms with Gasteiger partial charge in [-0.2, -0.15) is 0 Å². The molecule has 154 valence electrons. The number of amides is 1. The van der Waals surface area contributed by atoms with E-state index in [9.17, 15) is 15.0 Å². The van der Waals surface area contributed by atoms with Crippen LogP contribution in [0.15, 0.2) is 36.4 Å². The van der Waals surface area contributed by atoms with E-state index in [0.29, 0.717) is 34.7 Å². The first-order valence-electron chi connectivity index (χ1n) is 9.46. The summed E-state index contributed by atoms with van der Waals surface area (Å²) in [6.45, 7) is 3.59. The minimum Gasteiger partial charge on any atom is -0.497 e. The second-order valence-corrected chi connectivity index (χ2v) is 8.00. The largest absolute Gasteiger partial charge is 0.497 e. The molecule has 2 aromatic rings. The lowest BCUT2D eigenvalue weighted by atomic mass is 9.75. The van der Waals surface area contributed by atoms with Crippen LogP contribution in [-0.2, 0) is 21.6 Å². The van der Waals surface area contributed by atoms with Gasteiger partial charge in [0, 0.05) is 13.5 Å². The number of hydrogen-bond donors (Lipinski definition) is 3. The van der Waals surface area contributed by atoms with Crippen molar-refractivity contribution in [2.24, 2.45) is 0 Å². The second kappa shape index (κ2) is 6.73. The van der Waals surface area contributed by atoms with E-state index >= 15 is 0 Å². The molecule has 0 saturated heterocycles. The van der Waals surface area contributed by atoms with E-state index in [-0.39, 0.29) is 0 Å². The summed E-state index contributed by atoms with van der Waals surface area (Å²) in [6.07, 6.45) is -1.51. The zero-order valence-electron chi connectivity index (χ0n) is 16.9. The summed E-state index contributed by atoms with van der Waals surface area (Å²) in [5.41, 5.74) is -0.537. The van der Waals surface area contributed by atoms with E-state index < -0.39 is 29.3 Å². The molecule has 2 aliphatic rings. The standard InChI is InChI=1S/C22H25NO6/c1-21(2)16(24)11-12-5-10-15-17(18(12)29-21)22(26,19(28-4)20(25)23-15)13-6-8-14(27-3)9-7-13/h5-10,16,19,24,26H,11H2,1-4H3,(H,23,25). The van der Waals surface area contributed by atoms with E-state index in [1.165, 1.54) is 7.11 Å². The number of carbonyl (C=O) groups excluding carboxylic acids is 1. The van der Waals surface area contributed by atoms with Crippen molar-refractivity contribution in [3.8, 4) is 11.5 Å². The van der Waals surface area contributed by atoms with Gasteiger partial charge in [-0.05, 0) is 43.2 Å². The molecule has 2 aromatic carbocycles. The van der Waals surface area contributed by atoms with Crippen LogP contribution in [0.3, 0.4) is 0 Å². The van der Waals surface area contributed by atoms with Gasteiger partial charge in [-0.1, -0.05) is 18.2 Å². The first-order valence-corrected chi connectivity index (χ1v) is 9.46. The fourth-order valence-electron chi connectivity index (χ4n) is 4.11. The highest BCUT2D eigenvalue weighted by molar-refractivity contribution is 6.00. The molecule has 3 unspecified atom stereocenters. The minimum atomic E-state index is -1.79. The number of rotatable bonds is 3. The fourth-order valence-corrected chi connectivity index (χ4v) is 4.11. The number of ether oxygens (including phenoxy) is 3. The zero-order chi connectivity index (χ0) is 21.0. The minimum absolute atomic E-state index is 0.375. The van der Waals surface area contributed by atoms with Crippen LogP contribution in [0.1, 0.15) is 30.5 Å². The Morgan fingerprint density at radius 2 is 1.83 bits per heavy atom. The van der Waals surface area contributed by atoms with Crippen LogP contribution in [0.5, 0.6) is 11.5 Å². The maximum Gasteiger partial charge on any atom is 0.257 e. The second-order valence-electron chi connectivity index (χ2n) is 8.00. The molecule has 3 N–H and O–H groups in total. The summed E-state index contributed by atoms with van der Waals surface area (Å²) < 4.78 is 16.8. The summed E-state index contributed by atoms with van der Waals surface area (Å²) >= 11 is 0. The Hall–Kier alpha value is -2.61. The van der Waals surface area contributed by atoms with Crippen molar-refractivity contribution in [3.05, 3.63) is 53.1 Å². The monoisotopic (exact) mass is 399 g/mol. The highest BCUT2D eigenvalue weighted by Crippen LogP contribution is 2.50. The Balaban J connectivity index is 1.98. The van der Waals surface area contributed by atoms with E-state index in [2.05, 4.69) is 5.32 Å². The SMILES string of the molecule is COc1ccc(C2(O)c3c(ccc4c3OC(C)(C)C(O)C4)NC(=O)C2OC)cc1. The zero-order valence-corrected chi connectivity index (χ0v) is 16.9. The number of benzene rings is 2. The number of carbonyl (C=O) groups is 1. The van der Waals surface area contributed by atoms with Crippen molar-refractivity contribution in [1.82, 2.24) is 0 Å². The Morgan fingerprint density at radius 3 is 2.45 bits per heavy atom. The summed E-state index contributed by atoms with van der Waals surface area (Å²) in [7, 11) is 2.94. The average molecular weight is 399 g/mol. The number of aliphatic hydroxyl groups excluding tert-OH is 1. The van der Waals surface area contributed by atoms with Gasteiger partial charge in [-0.25, -0.2) is 0 Å². The highest BCUT2D eigenvalue weighted by atomic mass is 16.5. The van der Waals surface area contributed by atoms with E-state index in [4.69, 9.17) is 14.2 Å². The molecule has 7 nitrogen and oxygen atoms in total. The van der Waals surface area contributed by atoms with Crippen molar-refractivity contribution in [2.45, 2.75) is 43.7 Å². The third-order valence-corrected chi connectivity index (χ3v) is 5.84. The van der Waals surface area contributed by atoms with Crippen LogP contribution in [0.25, 0.3) is 0 Å². The first-order chi connectivity index (χ1) is 13.7. The van der Waals surface area contributed by atoms with Gasteiger partial charge >= 0.3 is 0 Å². The molecule has 0 bridgehead atoms. The van der Waals surface area contributed by atoms with Crippen molar-refractivity contribution in [2.75, 3.05) is 19.5 Å². The number of nitrogens with one attached hydrogen (secondary N) is 1. The smallest absolute Gasteiger partial charge is 0.257 e. The van der Waals surface area contributed by atoms with Crippen LogP contribution in [0, 0.1) is 0 Å². The van der Waals surface area contributed by atoms with Crippen molar-refractivity contribution in [1.29, 1.82) is 0 Å². The molecule has 4 rings (SSSR count). The Kier molecular flexibility index (Phi) is 4.57. The first kappa shape index (κ1) is 19.7. The molecule has 3 atom stereocenters. The normalized spacial score (nSPS) is 27.3. The van der Waals surface area contributed by atoms with Gasteiger partial charge in [0.05, 0.1) is 24.5 Å². The molecule has 0 radical (unpaired) electrons. The maximum absolute atomic E-state index is 12.7. The predicted octanol–water partition coefficient (Wildman–Crippen LogP) is 1.97. The Morgan fingerprint density at radius 1 is 1.14 bits per heavy atom. The van der Waals surface area contributed by atoms with Crippen LogP contribution in [-0.4, -0.2) is 48.1 Å². The van der Waals surface area contributed by atoms with Gasteiger partial charge < -0.3 is 29.7 Å². The topological polar surface area (TPSA) is 97.3 Å². The Labute approximate surface area is 169 Å². The van der Waals surface area contributed by atoms with Gasteiger partial charge in [0.15, 0.2) is 11.7 Å². The maximum atomic E-state index is 12.7. The van der Waals surface area contributed by atoms with E-state index in [1.54, 1.807) is 57.4 Å². The quantitative estimate of drug-likeness (QED) is 0.730. The third kappa shape index (κ3) is 2.88. The van der Waals surface area contributed by atoms with Crippen LogP contribution in [0.4, 0.5) is 5.69 Å². The lowest BCUT2D eigenvalue weighted by molar-refractivity contribution is -0.143. The molecule has 0 spiro atoms. The molecule has 0 saturated carbocycles. The lowest BCUT2D eigenvalue weighted by Crippen LogP contribution is -2.54. The molecule has 0 fully saturated rings. The van der Waals surface area contributed by atoms with Crippen LogP contribution < -0.4 is 14.8 Å². The molecule has 7 heteroatoms. The number of hydrogen-bond acceptors (Lipinski definition) is 6. The molecule has 29 heavy (non-hydrogen) atoms. The summed E-state index contributed by atoms with van der Waals surface area (Å²) in [5.74, 6) is 0.633. The summed E-state index contributed by atoms with van der Waals surface area (Å²) in [5, 5.41) is 25.3. The molecular weight excluding hydrogens is 374 g/mol. The van der Waals surface area contributed by atoms with Crippen LogP contribution >= 0.6 is 0 Å². The highest BCUT2D eigenvalue weighted by Gasteiger charge is 2.53. The van der Waals surface area contributed by atoms with Crippen LogP contribution in [0.2, 0.25) is 0 Å². The Bertz CT molecular complexity index is 955. The molecule has 2 aliphatic heterocycles. The van der Waals surface area contributed by atoms with Crippen molar-refractivity contribution in [3.63, 3.8) is 0 Å². The van der Waals surface area contributed by atoms with Gasteiger partial charge in [-0.15, -0.1) is 0 Å². The van der Waals surface area contributed by atoms with Crippen molar-refractivity contribution >= 4 is 11.6 Å². The number of aliphatic hydroxyl groups is 2. The average Bonchev–Trinajstić information content (AvgIpc) is 2.68. The van der Waals surface area contributed by atoms with Gasteiger partial charge in [0.1, 0.15) is 17.1 Å². The molecule has 2 heterocycles. The van der Waals surface area contributed by atoms with Gasteiger partial charge in [0.25, 0.3) is 5.91 Å². The van der Waals surface area contributed by atoms with Crippen molar-refractivity contribution < 1.29 is 29.2 Å². The van der Waals surface area contributed by atoms with E-state index in [0.717, 1.165) is 5.56 Å². The summed E-state index contributed by atoms with van der Waals surface area (Å²) in [6, 6.07) is 10.4. The van der Waals surface area contributed by atoms with E-state index in [1.807, 2.05) is 0 Å². The third-order valence-electron chi connectivity index (χ3n) is 5.84. The molecule has 0 aliphatic carbocycles. The van der Waals surface area contributed by atoms with Gasteiger partial charge in [-0.3, -0.25) is 4.79 Å². The number of anilines is 1. The van der Waals surface area contributed by atoms with Gasteiger partial charge in [0.2, 0.25) is 0 Å².